The maximum absolute atomic E-state index is 11.9. The van der Waals surface area contributed by atoms with Gasteiger partial charge in [-0.05, 0) is 31.9 Å². The van der Waals surface area contributed by atoms with Crippen LogP contribution in [-0.2, 0) is 16.1 Å². The summed E-state index contributed by atoms with van der Waals surface area (Å²) in [5, 5.41) is 0. The van der Waals surface area contributed by atoms with E-state index in [-0.39, 0.29) is 12.0 Å². The largest absolute Gasteiger partial charge is 0.464 e. The molecule has 1 aliphatic heterocycles. The van der Waals surface area contributed by atoms with Gasteiger partial charge in [-0.15, -0.1) is 0 Å². The Balaban J connectivity index is 1.91. The number of ether oxygens (including phenoxy) is 1. The van der Waals surface area contributed by atoms with E-state index >= 15 is 0 Å². The Kier molecular flexibility index (Phi) is 3.29. The third kappa shape index (κ3) is 2.44. The van der Waals surface area contributed by atoms with E-state index < -0.39 is 0 Å². The van der Waals surface area contributed by atoms with Gasteiger partial charge in [-0.1, -0.05) is 0 Å². The zero-order chi connectivity index (χ0) is 11.5. The summed E-state index contributed by atoms with van der Waals surface area (Å²) in [6.45, 7) is 3.10. The predicted molar refractivity (Wildman–Crippen MR) is 58.9 cm³/mol. The highest BCUT2D eigenvalue weighted by atomic mass is 16.5. The van der Waals surface area contributed by atoms with E-state index in [0.29, 0.717) is 13.2 Å². The first-order chi connectivity index (χ1) is 7.66. The van der Waals surface area contributed by atoms with Gasteiger partial charge in [0.2, 0.25) is 0 Å². The lowest BCUT2D eigenvalue weighted by atomic mass is 10.2. The molecular weight excluding hydrogens is 206 g/mol. The predicted octanol–water partition coefficient (Wildman–Crippen LogP) is 1.73. The van der Waals surface area contributed by atoms with E-state index in [1.54, 1.807) is 11.9 Å². The number of rotatable bonds is 3. The summed E-state index contributed by atoms with van der Waals surface area (Å²) < 4.78 is 10.8. The van der Waals surface area contributed by atoms with Crippen LogP contribution in [0.2, 0.25) is 0 Å². The van der Waals surface area contributed by atoms with Crippen LogP contribution in [0.25, 0.3) is 0 Å². The minimum atomic E-state index is -0.249. The van der Waals surface area contributed by atoms with Crippen LogP contribution in [0.3, 0.4) is 0 Å². The zero-order valence-electron chi connectivity index (χ0n) is 9.73. The van der Waals surface area contributed by atoms with Crippen molar-refractivity contribution < 1.29 is 13.9 Å². The fourth-order valence-corrected chi connectivity index (χ4v) is 1.90. The summed E-state index contributed by atoms with van der Waals surface area (Å²) in [6.07, 6.45) is 1.56. The number of nitrogens with zero attached hydrogens (tertiary/aromatic N) is 1. The minimum absolute atomic E-state index is 0.0477. The highest BCUT2D eigenvalue weighted by Gasteiger charge is 2.26. The van der Waals surface area contributed by atoms with Crippen molar-refractivity contribution in [1.82, 2.24) is 4.90 Å². The Hall–Kier alpha value is -1.29. The quantitative estimate of drug-likeness (QED) is 0.783. The summed E-state index contributed by atoms with van der Waals surface area (Å²) in [7, 11) is 1.78. The van der Waals surface area contributed by atoms with E-state index in [4.69, 9.17) is 9.15 Å². The lowest BCUT2D eigenvalue weighted by molar-refractivity contribution is -0.140. The SMILES string of the molecule is Cc1ccc(CN(C)C(=O)[C@@H]2CCCO2)o1. The number of furan rings is 1. The summed E-state index contributed by atoms with van der Waals surface area (Å²) in [5.74, 6) is 1.73. The van der Waals surface area contributed by atoms with Crippen LogP contribution in [0.15, 0.2) is 16.5 Å². The Morgan fingerprint density at radius 3 is 2.94 bits per heavy atom. The number of amides is 1. The maximum Gasteiger partial charge on any atom is 0.251 e. The van der Waals surface area contributed by atoms with Crippen LogP contribution in [-0.4, -0.2) is 30.6 Å². The molecule has 1 aromatic rings. The number of hydrogen-bond acceptors (Lipinski definition) is 3. The van der Waals surface area contributed by atoms with Crippen LogP contribution in [0.4, 0.5) is 0 Å². The molecule has 2 rings (SSSR count). The molecule has 16 heavy (non-hydrogen) atoms. The molecule has 1 saturated heterocycles. The highest BCUT2D eigenvalue weighted by molar-refractivity contribution is 5.80. The summed E-state index contributed by atoms with van der Waals surface area (Å²) in [4.78, 5) is 13.6. The summed E-state index contributed by atoms with van der Waals surface area (Å²) in [5.41, 5.74) is 0. The molecule has 1 fully saturated rings. The van der Waals surface area contributed by atoms with E-state index in [1.807, 2.05) is 19.1 Å². The highest BCUT2D eigenvalue weighted by Crippen LogP contribution is 2.16. The topological polar surface area (TPSA) is 42.7 Å². The number of hydrogen-bond donors (Lipinski definition) is 0. The monoisotopic (exact) mass is 223 g/mol. The molecule has 0 radical (unpaired) electrons. The van der Waals surface area contributed by atoms with Crippen molar-refractivity contribution in [3.05, 3.63) is 23.7 Å². The van der Waals surface area contributed by atoms with Crippen LogP contribution in [0, 0.1) is 6.92 Å². The van der Waals surface area contributed by atoms with Crippen LogP contribution < -0.4 is 0 Å². The van der Waals surface area contributed by atoms with Crippen molar-refractivity contribution in [3.63, 3.8) is 0 Å². The third-order valence-corrected chi connectivity index (χ3v) is 2.77. The van der Waals surface area contributed by atoms with Crippen LogP contribution in [0.5, 0.6) is 0 Å². The van der Waals surface area contributed by atoms with Crippen LogP contribution >= 0.6 is 0 Å². The van der Waals surface area contributed by atoms with Crippen molar-refractivity contribution in [2.24, 2.45) is 0 Å². The first-order valence-corrected chi connectivity index (χ1v) is 5.58. The molecule has 0 N–H and O–H groups in total. The van der Waals surface area contributed by atoms with Crippen molar-refractivity contribution >= 4 is 5.91 Å². The van der Waals surface area contributed by atoms with E-state index in [1.165, 1.54) is 0 Å². The third-order valence-electron chi connectivity index (χ3n) is 2.77. The second-order valence-corrected chi connectivity index (χ2v) is 4.21. The minimum Gasteiger partial charge on any atom is -0.464 e. The van der Waals surface area contributed by atoms with Gasteiger partial charge in [0.1, 0.15) is 17.6 Å². The lowest BCUT2D eigenvalue weighted by Gasteiger charge is -2.19. The standard InChI is InChI=1S/C12H17NO3/c1-9-5-6-10(16-9)8-13(2)12(14)11-4-3-7-15-11/h5-6,11H,3-4,7-8H2,1-2H3/t11-/m0/s1. The molecule has 1 atom stereocenters. The molecule has 0 bridgehead atoms. The molecule has 1 amide bonds. The molecule has 4 heteroatoms. The van der Waals surface area contributed by atoms with Crippen molar-refractivity contribution in [3.8, 4) is 0 Å². The van der Waals surface area contributed by atoms with Gasteiger partial charge in [-0.2, -0.15) is 0 Å². The second-order valence-electron chi connectivity index (χ2n) is 4.21. The molecule has 0 unspecified atom stereocenters. The van der Waals surface area contributed by atoms with Gasteiger partial charge in [0.15, 0.2) is 0 Å². The van der Waals surface area contributed by atoms with E-state index in [2.05, 4.69) is 0 Å². The van der Waals surface area contributed by atoms with E-state index in [9.17, 15) is 4.79 Å². The maximum atomic E-state index is 11.9. The fourth-order valence-electron chi connectivity index (χ4n) is 1.90. The molecule has 88 valence electrons. The average Bonchev–Trinajstić information content (AvgIpc) is 2.88. The van der Waals surface area contributed by atoms with Gasteiger partial charge in [-0.3, -0.25) is 4.79 Å². The van der Waals surface area contributed by atoms with Gasteiger partial charge in [-0.25, -0.2) is 0 Å². The van der Waals surface area contributed by atoms with Crippen molar-refractivity contribution in [2.75, 3.05) is 13.7 Å². The number of carbonyl (C=O) groups excluding carboxylic acids is 1. The zero-order valence-corrected chi connectivity index (χ0v) is 9.73. The van der Waals surface area contributed by atoms with Crippen LogP contribution in [0.1, 0.15) is 24.4 Å². The average molecular weight is 223 g/mol. The molecule has 0 aliphatic carbocycles. The first kappa shape index (κ1) is 11.2. The normalized spacial score (nSPS) is 20.0. The van der Waals surface area contributed by atoms with Gasteiger partial charge in [0.05, 0.1) is 6.54 Å². The molecule has 0 aromatic carbocycles. The molecule has 0 saturated carbocycles. The Labute approximate surface area is 95.2 Å². The summed E-state index contributed by atoms with van der Waals surface area (Å²) in [6, 6.07) is 3.80. The Bertz CT molecular complexity index is 366. The second kappa shape index (κ2) is 4.70. The van der Waals surface area contributed by atoms with Crippen molar-refractivity contribution in [1.29, 1.82) is 0 Å². The number of aryl methyl sites for hydroxylation is 1. The molecule has 0 spiro atoms. The number of carbonyl (C=O) groups is 1. The van der Waals surface area contributed by atoms with Gasteiger partial charge < -0.3 is 14.1 Å². The molecule has 2 heterocycles. The van der Waals surface area contributed by atoms with E-state index in [0.717, 1.165) is 24.4 Å². The fraction of sp³-hybridized carbons (Fsp3) is 0.583. The Morgan fingerprint density at radius 2 is 2.38 bits per heavy atom. The Morgan fingerprint density at radius 1 is 1.56 bits per heavy atom. The van der Waals surface area contributed by atoms with Crippen molar-refractivity contribution in [2.45, 2.75) is 32.4 Å². The molecule has 4 nitrogen and oxygen atoms in total. The van der Waals surface area contributed by atoms with Gasteiger partial charge in [0.25, 0.3) is 5.91 Å². The molecule has 1 aromatic heterocycles. The lowest BCUT2D eigenvalue weighted by Crippen LogP contribution is -2.35. The summed E-state index contributed by atoms with van der Waals surface area (Å²) >= 11 is 0. The number of likely N-dealkylation sites (N-methyl/N-ethyl adjacent to an activating group) is 1. The first-order valence-electron chi connectivity index (χ1n) is 5.58. The van der Waals surface area contributed by atoms with Gasteiger partial charge >= 0.3 is 0 Å². The molecular formula is C12H17NO3. The van der Waals surface area contributed by atoms with Gasteiger partial charge in [0, 0.05) is 13.7 Å². The smallest absolute Gasteiger partial charge is 0.251 e. The molecule has 1 aliphatic rings.